The number of amides is 3. The summed E-state index contributed by atoms with van der Waals surface area (Å²) in [5.74, 6) is 0.253. The highest BCUT2D eigenvalue weighted by atomic mass is 32.2. The molecule has 0 radical (unpaired) electrons. The van der Waals surface area contributed by atoms with Crippen molar-refractivity contribution in [2.45, 2.75) is 43.4 Å². The van der Waals surface area contributed by atoms with Crippen molar-refractivity contribution in [3.8, 4) is 16.9 Å². The predicted molar refractivity (Wildman–Crippen MR) is 191 cm³/mol. The molecule has 0 saturated carbocycles. The maximum atomic E-state index is 14.1. The van der Waals surface area contributed by atoms with Gasteiger partial charge in [-0.3, -0.25) is 9.69 Å². The fraction of sp³-hybridized carbons (Fsp3) is 0.316. The number of anilines is 1. The highest BCUT2D eigenvalue weighted by molar-refractivity contribution is 7.89. The average molecular weight is 682 g/mol. The number of piperazine rings is 1. The Labute approximate surface area is 288 Å². The van der Waals surface area contributed by atoms with Gasteiger partial charge in [-0.1, -0.05) is 79.7 Å². The van der Waals surface area contributed by atoms with Crippen molar-refractivity contribution < 1.29 is 22.7 Å². The van der Waals surface area contributed by atoms with Gasteiger partial charge in [-0.2, -0.15) is 4.31 Å². The molecule has 0 aromatic heterocycles. The van der Waals surface area contributed by atoms with Crippen LogP contribution in [0.25, 0.3) is 11.1 Å². The summed E-state index contributed by atoms with van der Waals surface area (Å²) in [6.07, 6.45) is 2.03. The Morgan fingerprint density at radius 3 is 2.18 bits per heavy atom. The van der Waals surface area contributed by atoms with Crippen molar-refractivity contribution >= 4 is 27.6 Å². The van der Waals surface area contributed by atoms with Crippen molar-refractivity contribution in [1.82, 2.24) is 19.4 Å². The molecule has 0 spiro atoms. The van der Waals surface area contributed by atoms with Gasteiger partial charge in [0.25, 0.3) is 0 Å². The molecule has 11 heteroatoms. The van der Waals surface area contributed by atoms with Crippen molar-refractivity contribution in [2.24, 2.45) is 0 Å². The molecule has 2 heterocycles. The van der Waals surface area contributed by atoms with Gasteiger partial charge >= 0.3 is 6.03 Å². The Morgan fingerprint density at radius 1 is 0.816 bits per heavy atom. The van der Waals surface area contributed by atoms with E-state index in [4.69, 9.17) is 4.74 Å². The van der Waals surface area contributed by atoms with Crippen LogP contribution in [0.4, 0.5) is 10.5 Å². The number of ether oxygens (including phenoxy) is 1. The second kappa shape index (κ2) is 15.7. The third-order valence-electron chi connectivity index (χ3n) is 9.26. The highest BCUT2D eigenvalue weighted by Gasteiger charge is 2.41. The van der Waals surface area contributed by atoms with Gasteiger partial charge in [-0.25, -0.2) is 13.2 Å². The first kappa shape index (κ1) is 34.2. The molecule has 2 aliphatic rings. The first-order chi connectivity index (χ1) is 23.8. The van der Waals surface area contributed by atoms with Gasteiger partial charge in [0.05, 0.1) is 4.90 Å². The van der Waals surface area contributed by atoms with Gasteiger partial charge < -0.3 is 20.3 Å². The summed E-state index contributed by atoms with van der Waals surface area (Å²) >= 11 is 0. The molecule has 10 nitrogen and oxygen atoms in total. The number of benzene rings is 4. The number of carbonyl (C=O) groups is 2. The van der Waals surface area contributed by atoms with Gasteiger partial charge in [0.1, 0.15) is 18.4 Å². The van der Waals surface area contributed by atoms with E-state index in [0.717, 1.165) is 42.6 Å². The monoisotopic (exact) mass is 681 g/mol. The average Bonchev–Trinajstić information content (AvgIpc) is 3.62. The number of carbonyl (C=O) groups excluding carboxylic acids is 2. The van der Waals surface area contributed by atoms with Crippen LogP contribution in [0.3, 0.4) is 0 Å². The minimum atomic E-state index is -4.06. The molecule has 3 amide bonds. The number of likely N-dealkylation sites (N-methyl/N-ethyl adjacent to an activating group) is 1. The van der Waals surface area contributed by atoms with Crippen molar-refractivity contribution in [3.63, 3.8) is 0 Å². The lowest BCUT2D eigenvalue weighted by atomic mass is 10.1. The summed E-state index contributed by atoms with van der Waals surface area (Å²) in [6.45, 7) is 4.84. The first-order valence-corrected chi connectivity index (χ1v) is 18.3. The van der Waals surface area contributed by atoms with E-state index < -0.39 is 28.0 Å². The SMILES string of the molecule is CCN1CCCC1CNC(=O)C1CN(C(=O)Nc2ccc(OCc3ccccc3)cc2)CCN1S(=O)(=O)c1ccc(-c2ccccc2)cc1. The molecule has 6 rings (SSSR count). The molecule has 0 bridgehead atoms. The van der Waals surface area contributed by atoms with E-state index in [2.05, 4.69) is 22.5 Å². The molecule has 4 aromatic carbocycles. The Balaban J connectivity index is 1.15. The third kappa shape index (κ3) is 8.30. The number of sulfonamides is 1. The molecule has 49 heavy (non-hydrogen) atoms. The summed E-state index contributed by atoms with van der Waals surface area (Å²) < 4.78 is 35.2. The largest absolute Gasteiger partial charge is 0.489 e. The number of nitrogens with zero attached hydrogens (tertiary/aromatic N) is 3. The second-order valence-corrected chi connectivity index (χ2v) is 14.3. The number of rotatable bonds is 11. The smallest absolute Gasteiger partial charge is 0.321 e. The fourth-order valence-corrected chi connectivity index (χ4v) is 8.06. The first-order valence-electron chi connectivity index (χ1n) is 16.8. The van der Waals surface area contributed by atoms with E-state index >= 15 is 0 Å². The number of nitrogens with one attached hydrogen (secondary N) is 2. The zero-order chi connectivity index (χ0) is 34.2. The summed E-state index contributed by atoms with van der Waals surface area (Å²) in [5, 5.41) is 5.92. The van der Waals surface area contributed by atoms with Gasteiger partial charge in [-0.05, 0) is 79.0 Å². The van der Waals surface area contributed by atoms with E-state index in [0.29, 0.717) is 24.6 Å². The maximum Gasteiger partial charge on any atom is 0.321 e. The van der Waals surface area contributed by atoms with Crippen LogP contribution < -0.4 is 15.4 Å². The van der Waals surface area contributed by atoms with Crippen LogP contribution in [0.15, 0.2) is 114 Å². The van der Waals surface area contributed by atoms with Crippen molar-refractivity contribution in [3.05, 3.63) is 115 Å². The predicted octanol–water partition coefficient (Wildman–Crippen LogP) is 5.44. The van der Waals surface area contributed by atoms with Gasteiger partial charge in [0.2, 0.25) is 15.9 Å². The quantitative estimate of drug-likeness (QED) is 0.218. The van der Waals surface area contributed by atoms with Crippen LogP contribution in [-0.4, -0.2) is 85.8 Å². The standard InChI is InChI=1S/C38H43N5O5S/c1-2-41-23-9-14-33(41)26-39-37(44)36-27-42(38(45)40-32-17-19-34(20-18-32)48-28-29-10-5-3-6-11-29)24-25-43(36)49(46,47)35-21-15-31(16-22-35)30-12-7-4-8-13-30/h3-8,10-13,15-22,33,36H,2,9,14,23-28H2,1H3,(H,39,44)(H,40,45). The molecule has 2 atom stereocenters. The molecule has 2 aliphatic heterocycles. The van der Waals surface area contributed by atoms with Crippen LogP contribution in [0, 0.1) is 0 Å². The lowest BCUT2D eigenvalue weighted by Gasteiger charge is -2.39. The molecule has 2 unspecified atom stereocenters. The number of hydrogen-bond donors (Lipinski definition) is 2. The molecular weight excluding hydrogens is 639 g/mol. The zero-order valence-corrected chi connectivity index (χ0v) is 28.5. The van der Waals surface area contributed by atoms with Gasteiger partial charge in [0, 0.05) is 37.9 Å². The zero-order valence-electron chi connectivity index (χ0n) is 27.7. The Morgan fingerprint density at radius 2 is 1.49 bits per heavy atom. The van der Waals surface area contributed by atoms with Crippen molar-refractivity contribution in [2.75, 3.05) is 44.6 Å². The minimum absolute atomic E-state index is 0.0228. The topological polar surface area (TPSA) is 111 Å². The van der Waals surface area contributed by atoms with Crippen LogP contribution >= 0.6 is 0 Å². The van der Waals surface area contributed by atoms with Crippen LogP contribution in [0.5, 0.6) is 5.75 Å². The van der Waals surface area contributed by atoms with Crippen LogP contribution in [0.1, 0.15) is 25.3 Å². The molecule has 4 aromatic rings. The highest BCUT2D eigenvalue weighted by Crippen LogP contribution is 2.26. The van der Waals surface area contributed by atoms with Crippen LogP contribution in [0.2, 0.25) is 0 Å². The number of urea groups is 1. The van der Waals surface area contributed by atoms with E-state index in [9.17, 15) is 18.0 Å². The summed E-state index contributed by atoms with van der Waals surface area (Å²) in [6, 6.07) is 32.1. The second-order valence-electron chi connectivity index (χ2n) is 12.4. The summed E-state index contributed by atoms with van der Waals surface area (Å²) in [7, 11) is -4.06. The van der Waals surface area contributed by atoms with E-state index in [1.807, 2.05) is 60.7 Å². The summed E-state index contributed by atoms with van der Waals surface area (Å²) in [5.41, 5.74) is 3.48. The van der Waals surface area contributed by atoms with Crippen LogP contribution in [-0.2, 0) is 21.4 Å². The third-order valence-corrected chi connectivity index (χ3v) is 11.2. The maximum absolute atomic E-state index is 14.1. The normalized spacial score (nSPS) is 18.6. The lowest BCUT2D eigenvalue weighted by Crippen LogP contribution is -2.62. The fourth-order valence-electron chi connectivity index (χ4n) is 6.49. The van der Waals surface area contributed by atoms with Gasteiger partial charge in [-0.15, -0.1) is 0 Å². The number of hydrogen-bond acceptors (Lipinski definition) is 6. The molecule has 256 valence electrons. The summed E-state index contributed by atoms with van der Waals surface area (Å²) in [4.78, 5) is 31.2. The molecule has 0 aliphatic carbocycles. The molecular formula is C38H43N5O5S. The Bertz CT molecular complexity index is 1810. The molecule has 2 saturated heterocycles. The van der Waals surface area contributed by atoms with E-state index in [-0.39, 0.29) is 30.6 Å². The lowest BCUT2D eigenvalue weighted by molar-refractivity contribution is -0.126. The van der Waals surface area contributed by atoms with E-state index in [1.54, 1.807) is 48.5 Å². The van der Waals surface area contributed by atoms with Crippen molar-refractivity contribution in [1.29, 1.82) is 0 Å². The van der Waals surface area contributed by atoms with E-state index in [1.165, 1.54) is 9.21 Å². The minimum Gasteiger partial charge on any atom is -0.489 e. The Kier molecular flexibility index (Phi) is 10.9. The number of likely N-dealkylation sites (tertiary alicyclic amines) is 1. The Hall–Kier alpha value is -4.71. The molecule has 2 fully saturated rings. The van der Waals surface area contributed by atoms with Gasteiger partial charge in [0.15, 0.2) is 0 Å². The molecule has 2 N–H and O–H groups in total.